The van der Waals surface area contributed by atoms with Crippen LogP contribution < -0.4 is 4.74 Å². The van der Waals surface area contributed by atoms with Gasteiger partial charge in [0.05, 0.1) is 13.2 Å². The predicted molar refractivity (Wildman–Crippen MR) is 116 cm³/mol. The number of ether oxygens (including phenoxy) is 2. The van der Waals surface area contributed by atoms with Crippen molar-refractivity contribution in [3.8, 4) is 5.75 Å². The van der Waals surface area contributed by atoms with Gasteiger partial charge in [-0.2, -0.15) is 0 Å². The number of hydrogen-bond acceptors (Lipinski definition) is 3. The van der Waals surface area contributed by atoms with E-state index in [1.807, 2.05) is 30.3 Å². The van der Waals surface area contributed by atoms with Crippen molar-refractivity contribution in [2.24, 2.45) is 0 Å². The number of para-hydroxylation sites is 1. The van der Waals surface area contributed by atoms with Crippen molar-refractivity contribution < 1.29 is 9.47 Å². The van der Waals surface area contributed by atoms with E-state index in [4.69, 9.17) is 9.47 Å². The summed E-state index contributed by atoms with van der Waals surface area (Å²) in [6.45, 7) is 14.1. The monoisotopic (exact) mass is 451 g/mol. The number of halogens is 1. The zero-order valence-corrected chi connectivity index (χ0v) is 18.8. The van der Waals surface area contributed by atoms with Gasteiger partial charge in [0.1, 0.15) is 11.4 Å². The Morgan fingerprint density at radius 3 is 2.00 bits per heavy atom. The first-order valence-electron chi connectivity index (χ1n) is 8.95. The van der Waals surface area contributed by atoms with Gasteiger partial charge in [0.15, 0.2) is 0 Å². The summed E-state index contributed by atoms with van der Waals surface area (Å²) in [5.74, 6) is 0.888. The molecule has 0 saturated carbocycles. The summed E-state index contributed by atoms with van der Waals surface area (Å²) >= 11 is 0. The Morgan fingerprint density at radius 1 is 0.917 bits per heavy atom. The van der Waals surface area contributed by atoms with Crippen LogP contribution in [-0.2, 0) is 4.74 Å². The molecule has 0 amide bonds. The molecule has 0 saturated heterocycles. The molecule has 0 fully saturated rings. The molecular weight excluding hydrogens is 413 g/mol. The number of unbranched alkanes of at least 4 members (excludes halogenated alkanes) is 1. The third-order valence-electron chi connectivity index (χ3n) is 3.31. The SMILES string of the molecule is CCCC.CCCN(C)CCOCC(C)(C)Oc1ccccc1.I. The first-order chi connectivity index (χ1) is 10.9. The number of benzene rings is 1. The van der Waals surface area contributed by atoms with E-state index < -0.39 is 0 Å². The second-order valence-corrected chi connectivity index (χ2v) is 6.53. The first kappa shape index (κ1) is 25.9. The van der Waals surface area contributed by atoms with E-state index in [0.29, 0.717) is 6.61 Å². The van der Waals surface area contributed by atoms with Crippen LogP contribution in [0.15, 0.2) is 30.3 Å². The fourth-order valence-corrected chi connectivity index (χ4v) is 1.87. The Bertz CT molecular complexity index is 369. The smallest absolute Gasteiger partial charge is 0.127 e. The standard InChI is InChI=1S/C16H27NO2.C4H10.HI/c1-5-11-17(4)12-13-18-14-16(2,3)19-15-9-7-6-8-10-15;1-3-4-2;/h6-10H,5,11-14H2,1-4H3;3-4H2,1-2H3;1H. The maximum absolute atomic E-state index is 5.92. The number of nitrogens with zero attached hydrogens (tertiary/aromatic N) is 1. The van der Waals surface area contributed by atoms with Crippen LogP contribution in [0.4, 0.5) is 0 Å². The molecule has 1 rings (SSSR count). The molecule has 3 nitrogen and oxygen atoms in total. The summed E-state index contributed by atoms with van der Waals surface area (Å²) in [7, 11) is 2.12. The highest BCUT2D eigenvalue weighted by Gasteiger charge is 2.20. The van der Waals surface area contributed by atoms with Crippen molar-refractivity contribution in [1.29, 1.82) is 0 Å². The van der Waals surface area contributed by atoms with Crippen LogP contribution >= 0.6 is 24.0 Å². The highest BCUT2D eigenvalue weighted by Crippen LogP contribution is 2.17. The lowest BCUT2D eigenvalue weighted by molar-refractivity contribution is -0.00779. The van der Waals surface area contributed by atoms with E-state index in [0.717, 1.165) is 25.4 Å². The lowest BCUT2D eigenvalue weighted by Crippen LogP contribution is -2.35. The molecule has 142 valence electrons. The van der Waals surface area contributed by atoms with Crippen LogP contribution in [0.25, 0.3) is 0 Å². The summed E-state index contributed by atoms with van der Waals surface area (Å²) in [6.07, 6.45) is 3.82. The predicted octanol–water partition coefficient (Wildman–Crippen LogP) is 5.63. The van der Waals surface area contributed by atoms with Crippen molar-refractivity contribution in [1.82, 2.24) is 4.90 Å². The lowest BCUT2D eigenvalue weighted by atomic mass is 10.1. The fourth-order valence-electron chi connectivity index (χ4n) is 1.87. The van der Waals surface area contributed by atoms with Gasteiger partial charge in [-0.1, -0.05) is 51.8 Å². The van der Waals surface area contributed by atoms with Gasteiger partial charge in [0, 0.05) is 6.54 Å². The molecule has 0 aromatic heterocycles. The lowest BCUT2D eigenvalue weighted by Gasteiger charge is -2.26. The van der Waals surface area contributed by atoms with E-state index in [1.54, 1.807) is 0 Å². The van der Waals surface area contributed by atoms with E-state index in [2.05, 4.69) is 46.6 Å². The van der Waals surface area contributed by atoms with Gasteiger partial charge in [0.2, 0.25) is 0 Å². The molecule has 0 aliphatic rings. The Balaban J connectivity index is 0. The van der Waals surface area contributed by atoms with Crippen molar-refractivity contribution in [3.63, 3.8) is 0 Å². The molecule has 0 bridgehead atoms. The third-order valence-corrected chi connectivity index (χ3v) is 3.31. The Morgan fingerprint density at radius 2 is 1.50 bits per heavy atom. The fraction of sp³-hybridized carbons (Fsp3) is 0.700. The molecule has 1 aromatic carbocycles. The molecule has 0 spiro atoms. The van der Waals surface area contributed by atoms with Gasteiger partial charge in [-0.15, -0.1) is 24.0 Å². The zero-order chi connectivity index (χ0) is 17.6. The van der Waals surface area contributed by atoms with E-state index in [1.165, 1.54) is 19.3 Å². The molecule has 24 heavy (non-hydrogen) atoms. The van der Waals surface area contributed by atoms with Gasteiger partial charge in [0.25, 0.3) is 0 Å². The minimum Gasteiger partial charge on any atom is -0.485 e. The Labute approximate surface area is 167 Å². The molecule has 0 aliphatic heterocycles. The number of likely N-dealkylation sites (N-methyl/N-ethyl adjacent to an activating group) is 1. The molecule has 4 heteroatoms. The molecule has 0 unspecified atom stereocenters. The molecule has 0 radical (unpaired) electrons. The second kappa shape index (κ2) is 16.2. The average molecular weight is 451 g/mol. The quantitative estimate of drug-likeness (QED) is 0.340. The number of rotatable bonds is 10. The van der Waals surface area contributed by atoms with Crippen molar-refractivity contribution in [2.45, 2.75) is 59.5 Å². The third kappa shape index (κ3) is 15.2. The van der Waals surface area contributed by atoms with Crippen LogP contribution in [0.2, 0.25) is 0 Å². The maximum atomic E-state index is 5.92. The molecule has 0 aliphatic carbocycles. The minimum absolute atomic E-state index is 0. The zero-order valence-electron chi connectivity index (χ0n) is 16.5. The average Bonchev–Trinajstić information content (AvgIpc) is 2.53. The Hall–Kier alpha value is -0.330. The van der Waals surface area contributed by atoms with Crippen LogP contribution in [0.1, 0.15) is 53.9 Å². The number of hydrogen-bond donors (Lipinski definition) is 0. The molecular formula is C20H38INO2. The van der Waals surface area contributed by atoms with Crippen LogP contribution in [0.5, 0.6) is 5.75 Å². The van der Waals surface area contributed by atoms with Crippen molar-refractivity contribution >= 4 is 24.0 Å². The summed E-state index contributed by atoms with van der Waals surface area (Å²) in [4.78, 5) is 2.28. The van der Waals surface area contributed by atoms with Crippen LogP contribution in [0, 0.1) is 0 Å². The topological polar surface area (TPSA) is 21.7 Å². The first-order valence-corrected chi connectivity index (χ1v) is 8.95. The highest BCUT2D eigenvalue weighted by molar-refractivity contribution is 14.0. The second-order valence-electron chi connectivity index (χ2n) is 6.53. The molecule has 0 N–H and O–H groups in total. The van der Waals surface area contributed by atoms with Crippen molar-refractivity contribution in [3.05, 3.63) is 30.3 Å². The highest BCUT2D eigenvalue weighted by atomic mass is 127. The van der Waals surface area contributed by atoms with Gasteiger partial charge in [-0.05, 0) is 46.0 Å². The summed E-state index contributed by atoms with van der Waals surface area (Å²) in [5, 5.41) is 0. The van der Waals surface area contributed by atoms with Crippen LogP contribution in [-0.4, -0.2) is 43.9 Å². The van der Waals surface area contributed by atoms with E-state index >= 15 is 0 Å². The maximum Gasteiger partial charge on any atom is 0.127 e. The summed E-state index contributed by atoms with van der Waals surface area (Å²) < 4.78 is 11.6. The molecule has 1 aromatic rings. The van der Waals surface area contributed by atoms with Gasteiger partial charge < -0.3 is 14.4 Å². The van der Waals surface area contributed by atoms with Crippen molar-refractivity contribution in [2.75, 3.05) is 33.4 Å². The Kier molecular flexibility index (Phi) is 17.4. The van der Waals surface area contributed by atoms with Gasteiger partial charge in [-0.3, -0.25) is 0 Å². The van der Waals surface area contributed by atoms with Gasteiger partial charge >= 0.3 is 0 Å². The summed E-state index contributed by atoms with van der Waals surface area (Å²) in [5.41, 5.74) is -0.301. The minimum atomic E-state index is -0.301. The largest absolute Gasteiger partial charge is 0.485 e. The molecule has 0 heterocycles. The van der Waals surface area contributed by atoms with Gasteiger partial charge in [-0.25, -0.2) is 0 Å². The summed E-state index contributed by atoms with van der Waals surface area (Å²) in [6, 6.07) is 9.88. The normalized spacial score (nSPS) is 10.6. The van der Waals surface area contributed by atoms with Crippen LogP contribution in [0.3, 0.4) is 0 Å². The molecule has 0 atom stereocenters. The van der Waals surface area contributed by atoms with E-state index in [9.17, 15) is 0 Å². The van der Waals surface area contributed by atoms with E-state index in [-0.39, 0.29) is 29.6 Å².